The number of para-hydroxylation sites is 1. The fourth-order valence-electron chi connectivity index (χ4n) is 2.96. The molecule has 24 heavy (non-hydrogen) atoms. The summed E-state index contributed by atoms with van der Waals surface area (Å²) < 4.78 is 0. The number of rotatable bonds is 4. The lowest BCUT2D eigenvalue weighted by Crippen LogP contribution is -2.37. The van der Waals surface area contributed by atoms with Crippen molar-refractivity contribution in [1.82, 2.24) is 0 Å². The van der Waals surface area contributed by atoms with Crippen LogP contribution in [0.2, 0.25) is 5.02 Å². The SMILES string of the molecule is C[C@H]1Cc2ccccc2N1CC(=O)Nc1ccc(Cl)c([N+](=O)[O-])c1. The summed E-state index contributed by atoms with van der Waals surface area (Å²) in [4.78, 5) is 24.7. The highest BCUT2D eigenvalue weighted by molar-refractivity contribution is 6.32. The number of nitrogens with zero attached hydrogens (tertiary/aromatic N) is 2. The average Bonchev–Trinajstić information content (AvgIpc) is 2.85. The number of nitro benzene ring substituents is 1. The van der Waals surface area contributed by atoms with Crippen LogP contribution in [0.3, 0.4) is 0 Å². The number of hydrogen-bond acceptors (Lipinski definition) is 4. The van der Waals surface area contributed by atoms with Gasteiger partial charge in [0.1, 0.15) is 5.02 Å². The number of nitro groups is 1. The average molecular weight is 346 g/mol. The van der Waals surface area contributed by atoms with E-state index in [4.69, 9.17) is 11.6 Å². The molecule has 1 N–H and O–H groups in total. The van der Waals surface area contributed by atoms with Crippen LogP contribution in [-0.4, -0.2) is 23.4 Å². The summed E-state index contributed by atoms with van der Waals surface area (Å²) >= 11 is 5.78. The minimum absolute atomic E-state index is 0.0418. The quantitative estimate of drug-likeness (QED) is 0.678. The van der Waals surface area contributed by atoms with Crippen LogP contribution in [0.5, 0.6) is 0 Å². The molecular formula is C17H16ClN3O3. The molecule has 1 amide bonds. The molecule has 0 bridgehead atoms. The second-order valence-electron chi connectivity index (χ2n) is 5.78. The predicted molar refractivity (Wildman–Crippen MR) is 93.7 cm³/mol. The van der Waals surface area contributed by atoms with Crippen molar-refractivity contribution in [3.05, 3.63) is 63.2 Å². The molecule has 0 unspecified atom stereocenters. The van der Waals surface area contributed by atoms with Gasteiger partial charge in [-0.1, -0.05) is 29.8 Å². The van der Waals surface area contributed by atoms with Gasteiger partial charge in [-0.15, -0.1) is 0 Å². The molecule has 0 saturated carbocycles. The molecule has 6 nitrogen and oxygen atoms in total. The maximum Gasteiger partial charge on any atom is 0.289 e. The Morgan fingerprint density at radius 3 is 2.88 bits per heavy atom. The standard InChI is InChI=1S/C17H16ClN3O3/c1-11-8-12-4-2-3-5-15(12)20(11)10-17(22)19-13-6-7-14(18)16(9-13)21(23)24/h2-7,9,11H,8,10H2,1H3,(H,19,22)/t11-/m0/s1. The molecule has 0 saturated heterocycles. The highest BCUT2D eigenvalue weighted by Gasteiger charge is 2.27. The highest BCUT2D eigenvalue weighted by Crippen LogP contribution is 2.32. The number of amides is 1. The molecule has 2 aromatic carbocycles. The summed E-state index contributed by atoms with van der Waals surface area (Å²) in [6.07, 6.45) is 0.899. The van der Waals surface area contributed by atoms with Crippen LogP contribution in [0, 0.1) is 10.1 Å². The monoisotopic (exact) mass is 345 g/mol. The van der Waals surface area contributed by atoms with Crippen molar-refractivity contribution in [2.45, 2.75) is 19.4 Å². The van der Waals surface area contributed by atoms with Gasteiger partial charge in [0.15, 0.2) is 0 Å². The summed E-state index contributed by atoms with van der Waals surface area (Å²) in [5.41, 5.74) is 2.41. The van der Waals surface area contributed by atoms with Gasteiger partial charge in [-0.25, -0.2) is 0 Å². The highest BCUT2D eigenvalue weighted by atomic mass is 35.5. The third-order valence-corrected chi connectivity index (χ3v) is 4.41. The van der Waals surface area contributed by atoms with Crippen molar-refractivity contribution in [2.24, 2.45) is 0 Å². The van der Waals surface area contributed by atoms with Crippen molar-refractivity contribution in [1.29, 1.82) is 0 Å². The second-order valence-corrected chi connectivity index (χ2v) is 6.19. The molecular weight excluding hydrogens is 330 g/mol. The van der Waals surface area contributed by atoms with Crippen LogP contribution < -0.4 is 10.2 Å². The zero-order valence-electron chi connectivity index (χ0n) is 13.0. The Morgan fingerprint density at radius 2 is 2.12 bits per heavy atom. The fraction of sp³-hybridized carbons (Fsp3) is 0.235. The van der Waals surface area contributed by atoms with Gasteiger partial charge < -0.3 is 10.2 Å². The maximum absolute atomic E-state index is 12.3. The van der Waals surface area contributed by atoms with Crippen molar-refractivity contribution in [2.75, 3.05) is 16.8 Å². The van der Waals surface area contributed by atoms with Gasteiger partial charge in [0.25, 0.3) is 5.69 Å². The van der Waals surface area contributed by atoms with E-state index in [0.717, 1.165) is 12.1 Å². The number of nitrogens with one attached hydrogen (secondary N) is 1. The lowest BCUT2D eigenvalue weighted by molar-refractivity contribution is -0.384. The number of anilines is 2. The van der Waals surface area contributed by atoms with Crippen molar-refractivity contribution in [3.63, 3.8) is 0 Å². The van der Waals surface area contributed by atoms with E-state index in [1.54, 1.807) is 6.07 Å². The van der Waals surface area contributed by atoms with Gasteiger partial charge in [-0.3, -0.25) is 14.9 Å². The van der Waals surface area contributed by atoms with Crippen LogP contribution in [0.4, 0.5) is 17.1 Å². The van der Waals surface area contributed by atoms with E-state index < -0.39 is 4.92 Å². The van der Waals surface area contributed by atoms with Crippen molar-refractivity contribution >= 4 is 34.6 Å². The maximum atomic E-state index is 12.3. The van der Waals surface area contributed by atoms with Crippen LogP contribution in [0.1, 0.15) is 12.5 Å². The Bertz CT molecular complexity index is 809. The Kier molecular flexibility index (Phi) is 4.40. The number of halogens is 1. The lowest BCUT2D eigenvalue weighted by atomic mass is 10.1. The van der Waals surface area contributed by atoms with Gasteiger partial charge in [0.2, 0.25) is 5.91 Å². The van der Waals surface area contributed by atoms with Gasteiger partial charge in [0, 0.05) is 23.5 Å². The predicted octanol–water partition coefficient (Wildman–Crippen LogP) is 3.64. The summed E-state index contributed by atoms with van der Waals surface area (Å²) in [6, 6.07) is 12.4. The van der Waals surface area contributed by atoms with Crippen molar-refractivity contribution < 1.29 is 9.72 Å². The lowest BCUT2D eigenvalue weighted by Gasteiger charge is -2.24. The summed E-state index contributed by atoms with van der Waals surface area (Å²) in [5.74, 6) is -0.227. The molecule has 0 spiro atoms. The molecule has 3 rings (SSSR count). The first kappa shape index (κ1) is 16.3. The zero-order valence-corrected chi connectivity index (χ0v) is 13.8. The molecule has 0 aromatic heterocycles. The molecule has 124 valence electrons. The first-order valence-electron chi connectivity index (χ1n) is 7.54. The van der Waals surface area contributed by atoms with Gasteiger partial charge in [-0.2, -0.15) is 0 Å². The molecule has 0 radical (unpaired) electrons. The van der Waals surface area contributed by atoms with E-state index in [0.29, 0.717) is 5.69 Å². The molecule has 1 aliphatic heterocycles. The molecule has 2 aromatic rings. The second kappa shape index (κ2) is 6.49. The van der Waals surface area contributed by atoms with Crippen LogP contribution in [0.15, 0.2) is 42.5 Å². The summed E-state index contributed by atoms with van der Waals surface area (Å²) in [5, 5.41) is 13.7. The third kappa shape index (κ3) is 3.19. The van der Waals surface area contributed by atoms with E-state index in [1.807, 2.05) is 23.1 Å². The largest absolute Gasteiger partial charge is 0.359 e. The summed E-state index contributed by atoms with van der Waals surface area (Å²) in [7, 11) is 0. The number of hydrogen-bond donors (Lipinski definition) is 1. The van der Waals surface area contributed by atoms with Gasteiger partial charge in [0.05, 0.1) is 11.5 Å². The van der Waals surface area contributed by atoms with Crippen LogP contribution in [-0.2, 0) is 11.2 Å². The number of fused-ring (bicyclic) bond motifs is 1. The minimum atomic E-state index is -0.573. The first-order chi connectivity index (χ1) is 11.5. The number of carbonyl (C=O) groups excluding carboxylic acids is 1. The van der Waals surface area contributed by atoms with E-state index in [2.05, 4.69) is 18.3 Å². The van der Waals surface area contributed by atoms with Crippen LogP contribution >= 0.6 is 11.6 Å². The van der Waals surface area contributed by atoms with Crippen molar-refractivity contribution in [3.8, 4) is 0 Å². The van der Waals surface area contributed by atoms with E-state index in [-0.39, 0.29) is 29.2 Å². The Labute approximate surface area is 144 Å². The fourth-order valence-corrected chi connectivity index (χ4v) is 3.14. The molecule has 1 aliphatic rings. The van der Waals surface area contributed by atoms with E-state index >= 15 is 0 Å². The zero-order chi connectivity index (χ0) is 17.3. The molecule has 0 aliphatic carbocycles. The Balaban J connectivity index is 1.73. The van der Waals surface area contributed by atoms with Gasteiger partial charge in [-0.05, 0) is 37.1 Å². The first-order valence-corrected chi connectivity index (χ1v) is 7.92. The third-order valence-electron chi connectivity index (χ3n) is 4.09. The van der Waals surface area contributed by atoms with Gasteiger partial charge >= 0.3 is 0 Å². The topological polar surface area (TPSA) is 75.5 Å². The smallest absolute Gasteiger partial charge is 0.289 e. The number of carbonyl (C=O) groups is 1. The molecule has 1 atom stereocenters. The Morgan fingerprint density at radius 1 is 1.38 bits per heavy atom. The molecule has 7 heteroatoms. The van der Waals surface area contributed by atoms with E-state index in [1.165, 1.54) is 17.7 Å². The molecule has 1 heterocycles. The number of benzene rings is 2. The van der Waals surface area contributed by atoms with Crippen LogP contribution in [0.25, 0.3) is 0 Å². The minimum Gasteiger partial charge on any atom is -0.359 e. The molecule has 0 fully saturated rings. The van der Waals surface area contributed by atoms with E-state index in [9.17, 15) is 14.9 Å². The summed E-state index contributed by atoms with van der Waals surface area (Å²) in [6.45, 7) is 2.26. The normalized spacial score (nSPS) is 15.9. The Hall–Kier alpha value is -2.60.